The molecule has 1 aliphatic carbocycles. The van der Waals surface area contributed by atoms with Gasteiger partial charge in [0, 0.05) is 57.3 Å². The molecule has 4 aliphatic rings. The van der Waals surface area contributed by atoms with Crippen molar-refractivity contribution in [2.24, 2.45) is 41.4 Å². The molecule has 0 aromatic carbocycles. The van der Waals surface area contributed by atoms with Gasteiger partial charge in [-0.05, 0) is 107 Å². The first kappa shape index (κ1) is 56.2. The zero-order valence-corrected chi connectivity index (χ0v) is 42.0. The maximum Gasteiger partial charge on any atom is 0.329 e. The van der Waals surface area contributed by atoms with Crippen molar-refractivity contribution < 1.29 is 63.0 Å². The number of Topliss-reactive ketones (excluding diaryl/α,β-unsaturated/α-hetero) is 3. The van der Waals surface area contributed by atoms with Crippen LogP contribution in [0.25, 0.3) is 0 Å². The van der Waals surface area contributed by atoms with E-state index in [0.717, 1.165) is 12.0 Å². The van der Waals surface area contributed by atoms with Gasteiger partial charge in [-0.15, -0.1) is 0 Å². The van der Waals surface area contributed by atoms with Crippen molar-refractivity contribution in [3.8, 4) is 0 Å². The van der Waals surface area contributed by atoms with Crippen LogP contribution in [-0.4, -0.2) is 132 Å². The molecular weight excluding hydrogens is 859 g/mol. The third kappa shape index (κ3) is 15.3. The number of aliphatic hydroxyl groups is 3. The van der Waals surface area contributed by atoms with Gasteiger partial charge < -0.3 is 43.9 Å². The van der Waals surface area contributed by atoms with E-state index in [4.69, 9.17) is 23.7 Å². The molecule has 0 aromatic rings. The van der Waals surface area contributed by atoms with Crippen LogP contribution in [0.1, 0.15) is 132 Å². The van der Waals surface area contributed by atoms with Crippen LogP contribution in [0.15, 0.2) is 47.6 Å². The minimum Gasteiger partial charge on any atom is -0.460 e. The average molecular weight is 942 g/mol. The number of hydrogen-bond acceptors (Lipinski definition) is 13. The summed E-state index contributed by atoms with van der Waals surface area (Å²) in [5.74, 6) is -8.14. The lowest BCUT2D eigenvalue weighted by molar-refractivity contribution is -0.265. The number of aliphatic hydroxyl groups excluding tert-OH is 2. The van der Waals surface area contributed by atoms with Crippen LogP contribution in [0.5, 0.6) is 0 Å². The predicted molar refractivity (Wildman–Crippen MR) is 254 cm³/mol. The van der Waals surface area contributed by atoms with E-state index >= 15 is 0 Å². The van der Waals surface area contributed by atoms with Crippen LogP contribution in [0.4, 0.5) is 0 Å². The van der Waals surface area contributed by atoms with Crippen LogP contribution in [0.3, 0.4) is 0 Å². The first-order chi connectivity index (χ1) is 31.7. The smallest absolute Gasteiger partial charge is 0.329 e. The molecule has 3 N–H and O–H groups in total. The fraction of sp³-hybridized carbons (Fsp3) is 0.755. The minimum atomic E-state index is -2.43. The zero-order valence-electron chi connectivity index (χ0n) is 42.0. The topological polar surface area (TPSA) is 195 Å². The van der Waals surface area contributed by atoms with Gasteiger partial charge in [-0.2, -0.15) is 0 Å². The number of cyclic esters (lactones) is 1. The summed E-state index contributed by atoms with van der Waals surface area (Å²) in [6, 6.07) is -1.13. The number of carbonyl (C=O) groups is 5. The summed E-state index contributed by atoms with van der Waals surface area (Å²) in [7, 11) is 3.22. The average Bonchev–Trinajstić information content (AvgIpc) is 3.31. The van der Waals surface area contributed by atoms with Crippen LogP contribution < -0.4 is 0 Å². The van der Waals surface area contributed by atoms with Crippen molar-refractivity contribution in [2.45, 2.75) is 181 Å². The Morgan fingerprint density at radius 3 is 2.28 bits per heavy atom. The van der Waals surface area contributed by atoms with Crippen molar-refractivity contribution in [1.82, 2.24) is 4.90 Å². The molecule has 1 saturated carbocycles. The lowest BCUT2D eigenvalue weighted by Gasteiger charge is -2.42. The summed E-state index contributed by atoms with van der Waals surface area (Å²) in [6.45, 7) is 14.8. The molecule has 1 amide bonds. The molecule has 67 heavy (non-hydrogen) atoms. The van der Waals surface area contributed by atoms with Crippen molar-refractivity contribution in [3.63, 3.8) is 0 Å². The standard InChI is InChI=1S/C53H83NO13/c1-32-16-12-11-13-17-33(2)45(63-9)30-41-21-19-38(7)53(62,67-41)50(59)51(60)54-23-15-14-18-42(54)52(61)66-46(35(4)28-40-20-22-44(65-25-24-55)47(29-40)64-10)31-43(56)34(3)27-37(6)49(58)39(8)48(57)36(5)26-32/h11-13,16-17,27,32,34-36,38-42,44-47,49,55,58,62H,14-15,18-26,28-31H2,1-10H3/b13-11?,16-12+,33-17?,37-27+/t32-,34-,35+,36-,38-,39+,40-,41+,42+,44-,45+,46+,47-,49-,53-/m1/s1. The largest absolute Gasteiger partial charge is 0.460 e. The molecule has 4 rings (SSSR count). The number of allylic oxidation sites excluding steroid dienone is 6. The molecule has 0 aromatic heterocycles. The minimum absolute atomic E-state index is 0.0690. The highest BCUT2D eigenvalue weighted by molar-refractivity contribution is 6.39. The molecule has 0 radical (unpaired) electrons. The van der Waals surface area contributed by atoms with E-state index in [1.165, 1.54) is 4.90 Å². The van der Waals surface area contributed by atoms with Crippen LogP contribution in [-0.2, 0) is 47.7 Å². The molecule has 3 fully saturated rings. The van der Waals surface area contributed by atoms with E-state index in [0.29, 0.717) is 63.4 Å². The summed E-state index contributed by atoms with van der Waals surface area (Å²) < 4.78 is 30.0. The Morgan fingerprint density at radius 2 is 1.60 bits per heavy atom. The lowest BCUT2D eigenvalue weighted by atomic mass is 9.78. The number of rotatable bonds is 8. The number of ether oxygens (including phenoxy) is 5. The maximum atomic E-state index is 14.4. The fourth-order valence-electron chi connectivity index (χ4n) is 10.6. The van der Waals surface area contributed by atoms with Crippen molar-refractivity contribution in [1.29, 1.82) is 0 Å². The van der Waals surface area contributed by atoms with Crippen molar-refractivity contribution >= 4 is 29.2 Å². The van der Waals surface area contributed by atoms with Crippen molar-refractivity contribution in [2.75, 3.05) is 34.0 Å². The first-order valence-corrected chi connectivity index (χ1v) is 24.9. The van der Waals surface area contributed by atoms with Crippen molar-refractivity contribution in [3.05, 3.63) is 47.6 Å². The zero-order chi connectivity index (χ0) is 49.6. The molecule has 14 heteroatoms. The van der Waals surface area contributed by atoms with E-state index in [1.807, 2.05) is 58.1 Å². The van der Waals surface area contributed by atoms with Gasteiger partial charge in [0.1, 0.15) is 23.7 Å². The Kier molecular flexibility index (Phi) is 22.3. The van der Waals surface area contributed by atoms with Gasteiger partial charge in [0.15, 0.2) is 0 Å². The Hall–Kier alpha value is -3.37. The summed E-state index contributed by atoms with van der Waals surface area (Å²) in [5, 5.41) is 32.7. The molecule has 14 nitrogen and oxygen atoms in total. The molecule has 3 aliphatic heterocycles. The number of methoxy groups -OCH3 is 2. The summed E-state index contributed by atoms with van der Waals surface area (Å²) >= 11 is 0. The number of carbonyl (C=O) groups excluding carboxylic acids is 5. The van der Waals surface area contributed by atoms with E-state index in [9.17, 15) is 39.3 Å². The highest BCUT2D eigenvalue weighted by Gasteiger charge is 2.53. The Morgan fingerprint density at radius 1 is 0.866 bits per heavy atom. The fourth-order valence-corrected chi connectivity index (χ4v) is 10.6. The lowest BCUT2D eigenvalue weighted by Crippen LogP contribution is -2.61. The van der Waals surface area contributed by atoms with Gasteiger partial charge >= 0.3 is 5.97 Å². The van der Waals surface area contributed by atoms with Gasteiger partial charge in [0.25, 0.3) is 11.7 Å². The van der Waals surface area contributed by atoms with E-state index < -0.39 is 71.7 Å². The quantitative estimate of drug-likeness (QED) is 0.131. The van der Waals surface area contributed by atoms with E-state index in [1.54, 1.807) is 48.0 Å². The van der Waals surface area contributed by atoms with Gasteiger partial charge in [-0.1, -0.05) is 78.0 Å². The molecule has 2 saturated heterocycles. The third-order valence-corrected chi connectivity index (χ3v) is 15.0. The van der Waals surface area contributed by atoms with Gasteiger partial charge in [-0.3, -0.25) is 19.2 Å². The Balaban J connectivity index is 1.68. The number of fused-ring (bicyclic) bond motifs is 3. The Labute approximate surface area is 399 Å². The number of amides is 1. The molecular formula is C53H83NO13. The van der Waals surface area contributed by atoms with Crippen LogP contribution in [0.2, 0.25) is 0 Å². The van der Waals surface area contributed by atoms with Gasteiger partial charge in [0.2, 0.25) is 5.79 Å². The van der Waals surface area contributed by atoms with E-state index in [-0.39, 0.29) is 80.0 Å². The number of ketones is 3. The highest BCUT2D eigenvalue weighted by atomic mass is 16.6. The summed E-state index contributed by atoms with van der Waals surface area (Å²) in [5.41, 5.74) is 1.38. The van der Waals surface area contributed by atoms with Crippen LogP contribution >= 0.6 is 0 Å². The monoisotopic (exact) mass is 942 g/mol. The third-order valence-electron chi connectivity index (χ3n) is 15.0. The maximum absolute atomic E-state index is 14.4. The molecule has 3 heterocycles. The predicted octanol–water partition coefficient (Wildman–Crippen LogP) is 6.82. The summed E-state index contributed by atoms with van der Waals surface area (Å²) in [4.78, 5) is 72.0. The number of esters is 1. The molecule has 15 atom stereocenters. The molecule has 0 unspecified atom stereocenters. The second-order valence-electron chi connectivity index (χ2n) is 20.3. The van der Waals surface area contributed by atoms with Crippen LogP contribution in [0, 0.1) is 41.4 Å². The SMILES string of the molecule is CO[C@H]1C[C@@H]2CC[C@@H](C)[C@@](O)(O2)C(=O)C(=O)N2CCCC[C@H]2C(=O)O[C@H]([C@@H](C)C[C@H]2CC[C@@H](OCCO)[C@H](OC)C2)CC(=O)[C@H](C)/C=C(\C)[C@@H](O)[C@@H](C)C(=O)[C@H](C)C[C@H](C)/C=C/C=CC=C1C. The molecule has 378 valence electrons. The molecule has 2 bridgehead atoms. The normalized spacial score (nSPS) is 38.3. The van der Waals surface area contributed by atoms with E-state index in [2.05, 4.69) is 0 Å². The van der Waals surface area contributed by atoms with Gasteiger partial charge in [0.05, 0.1) is 43.7 Å². The number of nitrogens with zero attached hydrogens (tertiary/aromatic N) is 1. The summed E-state index contributed by atoms with van der Waals surface area (Å²) in [6.07, 6.45) is 13.8. The molecule has 0 spiro atoms. The Bertz CT molecular complexity index is 1790. The van der Waals surface area contributed by atoms with Gasteiger partial charge in [-0.25, -0.2) is 4.79 Å². The highest BCUT2D eigenvalue weighted by Crippen LogP contribution is 2.38. The second-order valence-corrected chi connectivity index (χ2v) is 20.3. The number of piperidine rings is 1. The first-order valence-electron chi connectivity index (χ1n) is 24.9. The second kappa shape index (κ2) is 26.6. The number of hydrogen-bond donors (Lipinski definition) is 3.